The van der Waals surface area contributed by atoms with E-state index in [9.17, 15) is 4.79 Å². The third-order valence-electron chi connectivity index (χ3n) is 3.52. The van der Waals surface area contributed by atoms with Crippen molar-refractivity contribution >= 4 is 18.3 Å². The zero-order valence-corrected chi connectivity index (χ0v) is 10.1. The molecule has 4 heteroatoms. The highest BCUT2D eigenvalue weighted by atomic mass is 35.5. The molecule has 0 aromatic rings. The van der Waals surface area contributed by atoms with Crippen LogP contribution in [0, 0.1) is 0 Å². The van der Waals surface area contributed by atoms with Crippen LogP contribution in [-0.2, 0) is 4.79 Å². The zero-order chi connectivity index (χ0) is 10.1. The van der Waals surface area contributed by atoms with Crippen LogP contribution in [0.4, 0.5) is 0 Å². The van der Waals surface area contributed by atoms with Gasteiger partial charge in [-0.05, 0) is 32.1 Å². The summed E-state index contributed by atoms with van der Waals surface area (Å²) in [7, 11) is 0. The topological polar surface area (TPSA) is 46.3 Å². The first-order chi connectivity index (χ1) is 6.72. The fourth-order valence-electron chi connectivity index (χ4n) is 2.97. The molecule has 2 bridgehead atoms. The van der Waals surface area contributed by atoms with Gasteiger partial charge in [0.15, 0.2) is 0 Å². The van der Waals surface area contributed by atoms with E-state index in [-0.39, 0.29) is 12.4 Å². The number of halogens is 1. The van der Waals surface area contributed by atoms with Gasteiger partial charge in [0, 0.05) is 24.5 Å². The van der Waals surface area contributed by atoms with Gasteiger partial charge in [-0.1, -0.05) is 6.92 Å². The van der Waals surface area contributed by atoms with E-state index in [0.29, 0.717) is 30.5 Å². The van der Waals surface area contributed by atoms with Crippen LogP contribution in [-0.4, -0.2) is 28.9 Å². The van der Waals surface area contributed by atoms with Gasteiger partial charge in [0.1, 0.15) is 0 Å². The standard InChI is InChI=1S/C11H20N2O.ClH/c1-2-3-11(14)13-9-4-5-10(13)7-8(12)6-9;/h8-10H,2-7,12H2,1H3;1H/t8?,9-,10+;. The summed E-state index contributed by atoms with van der Waals surface area (Å²) in [4.78, 5) is 14.0. The number of fused-ring (bicyclic) bond motifs is 2. The zero-order valence-electron chi connectivity index (χ0n) is 9.32. The Morgan fingerprint density at radius 2 is 1.87 bits per heavy atom. The van der Waals surface area contributed by atoms with Gasteiger partial charge in [0.05, 0.1) is 0 Å². The summed E-state index contributed by atoms with van der Waals surface area (Å²) in [5.74, 6) is 0.354. The number of hydrogen-bond donors (Lipinski definition) is 1. The molecule has 0 spiro atoms. The number of hydrogen-bond acceptors (Lipinski definition) is 2. The summed E-state index contributed by atoms with van der Waals surface area (Å²) in [6, 6.07) is 1.25. The van der Waals surface area contributed by atoms with E-state index in [1.165, 1.54) is 12.8 Å². The number of piperidine rings is 1. The smallest absolute Gasteiger partial charge is 0.223 e. The molecule has 0 saturated carbocycles. The van der Waals surface area contributed by atoms with Crippen LogP contribution in [0.15, 0.2) is 0 Å². The Labute approximate surface area is 97.8 Å². The van der Waals surface area contributed by atoms with Crippen LogP contribution in [0.3, 0.4) is 0 Å². The van der Waals surface area contributed by atoms with Gasteiger partial charge in [-0.2, -0.15) is 0 Å². The Balaban J connectivity index is 0.00000112. The van der Waals surface area contributed by atoms with E-state index in [4.69, 9.17) is 5.73 Å². The van der Waals surface area contributed by atoms with Crippen molar-refractivity contribution in [2.24, 2.45) is 5.73 Å². The van der Waals surface area contributed by atoms with Crippen molar-refractivity contribution in [2.45, 2.75) is 63.6 Å². The van der Waals surface area contributed by atoms with Crippen LogP contribution >= 0.6 is 12.4 Å². The number of nitrogens with zero attached hydrogens (tertiary/aromatic N) is 1. The van der Waals surface area contributed by atoms with Crippen molar-refractivity contribution in [3.63, 3.8) is 0 Å². The first-order valence-corrected chi connectivity index (χ1v) is 5.79. The lowest BCUT2D eigenvalue weighted by Crippen LogP contribution is -2.50. The maximum absolute atomic E-state index is 11.9. The third kappa shape index (κ3) is 2.45. The van der Waals surface area contributed by atoms with E-state index in [0.717, 1.165) is 19.3 Å². The van der Waals surface area contributed by atoms with Gasteiger partial charge < -0.3 is 10.6 Å². The molecule has 2 heterocycles. The normalized spacial score (nSPS) is 33.7. The Morgan fingerprint density at radius 3 is 2.33 bits per heavy atom. The van der Waals surface area contributed by atoms with Crippen LogP contribution < -0.4 is 5.73 Å². The highest BCUT2D eigenvalue weighted by molar-refractivity contribution is 5.85. The Morgan fingerprint density at radius 1 is 1.33 bits per heavy atom. The molecule has 2 saturated heterocycles. The predicted molar refractivity (Wildman–Crippen MR) is 63.0 cm³/mol. The lowest BCUT2D eigenvalue weighted by atomic mass is 9.97. The third-order valence-corrected chi connectivity index (χ3v) is 3.52. The fourth-order valence-corrected chi connectivity index (χ4v) is 2.97. The fraction of sp³-hybridized carbons (Fsp3) is 0.909. The molecule has 2 aliphatic heterocycles. The van der Waals surface area contributed by atoms with E-state index < -0.39 is 0 Å². The molecule has 1 amide bonds. The Kier molecular flexibility index (Phi) is 4.41. The summed E-state index contributed by atoms with van der Waals surface area (Å²) in [5.41, 5.74) is 5.95. The lowest BCUT2D eigenvalue weighted by molar-refractivity contribution is -0.135. The van der Waals surface area contributed by atoms with Crippen molar-refractivity contribution in [3.05, 3.63) is 0 Å². The highest BCUT2D eigenvalue weighted by Gasteiger charge is 2.41. The maximum Gasteiger partial charge on any atom is 0.223 e. The minimum atomic E-state index is 0. The average molecular weight is 233 g/mol. The van der Waals surface area contributed by atoms with Gasteiger partial charge in [0.2, 0.25) is 5.91 Å². The molecule has 2 rings (SSSR count). The highest BCUT2D eigenvalue weighted by Crippen LogP contribution is 2.35. The summed E-state index contributed by atoms with van der Waals surface area (Å²) in [6.45, 7) is 2.06. The summed E-state index contributed by atoms with van der Waals surface area (Å²) < 4.78 is 0. The quantitative estimate of drug-likeness (QED) is 0.788. The first-order valence-electron chi connectivity index (χ1n) is 5.79. The molecule has 2 N–H and O–H groups in total. The van der Waals surface area contributed by atoms with Crippen molar-refractivity contribution in [3.8, 4) is 0 Å². The van der Waals surface area contributed by atoms with Crippen molar-refractivity contribution in [1.29, 1.82) is 0 Å². The van der Waals surface area contributed by atoms with E-state index in [1.807, 2.05) is 0 Å². The molecular formula is C11H21ClN2O. The number of nitrogens with two attached hydrogens (primary N) is 1. The molecule has 3 atom stereocenters. The van der Waals surface area contributed by atoms with Crippen molar-refractivity contribution in [1.82, 2.24) is 4.90 Å². The second-order valence-electron chi connectivity index (χ2n) is 4.67. The van der Waals surface area contributed by atoms with Crippen molar-refractivity contribution < 1.29 is 4.79 Å². The van der Waals surface area contributed by atoms with Crippen LogP contribution in [0.5, 0.6) is 0 Å². The van der Waals surface area contributed by atoms with Gasteiger partial charge in [0.25, 0.3) is 0 Å². The first kappa shape index (κ1) is 12.8. The Hall–Kier alpha value is -0.280. The monoisotopic (exact) mass is 232 g/mol. The molecule has 0 aromatic carbocycles. The van der Waals surface area contributed by atoms with Gasteiger partial charge >= 0.3 is 0 Å². The number of carbonyl (C=O) groups is 1. The van der Waals surface area contributed by atoms with E-state index >= 15 is 0 Å². The molecule has 0 aliphatic carbocycles. The molecule has 2 aliphatic rings. The number of amides is 1. The largest absolute Gasteiger partial charge is 0.337 e. The summed E-state index contributed by atoms with van der Waals surface area (Å²) >= 11 is 0. The van der Waals surface area contributed by atoms with Crippen LogP contribution in [0.2, 0.25) is 0 Å². The van der Waals surface area contributed by atoms with Gasteiger partial charge in [-0.25, -0.2) is 0 Å². The minimum absolute atomic E-state index is 0. The van der Waals surface area contributed by atoms with Gasteiger partial charge in [-0.3, -0.25) is 4.79 Å². The number of carbonyl (C=O) groups excluding carboxylic acids is 1. The lowest BCUT2D eigenvalue weighted by Gasteiger charge is -2.37. The second-order valence-corrected chi connectivity index (χ2v) is 4.67. The van der Waals surface area contributed by atoms with Crippen LogP contribution in [0.25, 0.3) is 0 Å². The second kappa shape index (κ2) is 5.17. The molecule has 3 nitrogen and oxygen atoms in total. The summed E-state index contributed by atoms with van der Waals surface area (Å²) in [6.07, 6.45) is 6.06. The molecule has 15 heavy (non-hydrogen) atoms. The molecule has 0 radical (unpaired) electrons. The minimum Gasteiger partial charge on any atom is -0.337 e. The molecule has 1 unspecified atom stereocenters. The van der Waals surface area contributed by atoms with Gasteiger partial charge in [-0.15, -0.1) is 12.4 Å². The van der Waals surface area contributed by atoms with E-state index in [2.05, 4.69) is 11.8 Å². The maximum atomic E-state index is 11.9. The summed E-state index contributed by atoms with van der Waals surface area (Å²) in [5, 5.41) is 0. The van der Waals surface area contributed by atoms with Crippen molar-refractivity contribution in [2.75, 3.05) is 0 Å². The van der Waals surface area contributed by atoms with E-state index in [1.54, 1.807) is 0 Å². The molecular weight excluding hydrogens is 212 g/mol. The predicted octanol–water partition coefficient (Wildman–Crippen LogP) is 1.69. The molecule has 2 fully saturated rings. The Bertz CT molecular complexity index is 221. The molecule has 0 aromatic heterocycles. The number of rotatable bonds is 2. The van der Waals surface area contributed by atoms with Crippen LogP contribution in [0.1, 0.15) is 45.4 Å². The average Bonchev–Trinajstić information content (AvgIpc) is 2.39. The SMILES string of the molecule is CCCC(=O)N1[C@@H]2CC[C@H]1CC(N)C2.Cl. The molecule has 88 valence electrons.